The van der Waals surface area contributed by atoms with Crippen molar-refractivity contribution < 1.29 is 9.21 Å². The molecule has 27 heavy (non-hydrogen) atoms. The van der Waals surface area contributed by atoms with Crippen molar-refractivity contribution in [2.45, 2.75) is 6.92 Å². The zero-order valence-electron chi connectivity index (χ0n) is 15.2. The van der Waals surface area contributed by atoms with Crippen LogP contribution >= 0.6 is 0 Å². The summed E-state index contributed by atoms with van der Waals surface area (Å²) in [6.45, 7) is 2.02. The van der Waals surface area contributed by atoms with Gasteiger partial charge in [-0.25, -0.2) is 4.68 Å². The van der Waals surface area contributed by atoms with Crippen molar-refractivity contribution in [2.75, 3.05) is 11.9 Å². The Bertz CT molecular complexity index is 1050. The van der Waals surface area contributed by atoms with E-state index in [0.29, 0.717) is 17.1 Å². The van der Waals surface area contributed by atoms with E-state index < -0.39 is 0 Å². The number of aryl methyl sites for hydroxylation is 1. The molecule has 0 aliphatic rings. The predicted octanol–water partition coefficient (Wildman–Crippen LogP) is 4.72. The maximum Gasteiger partial charge on any atom is 0.276 e. The largest absolute Gasteiger partial charge is 0.463 e. The molecule has 0 aliphatic carbocycles. The van der Waals surface area contributed by atoms with Gasteiger partial charge in [0.2, 0.25) is 0 Å². The number of carbonyl (C=O) groups excluding carboxylic acids is 1. The van der Waals surface area contributed by atoms with Crippen molar-refractivity contribution in [3.8, 4) is 17.1 Å². The van der Waals surface area contributed by atoms with Gasteiger partial charge in [-0.15, -0.1) is 0 Å². The van der Waals surface area contributed by atoms with E-state index in [1.165, 1.54) is 0 Å². The first-order valence-electron chi connectivity index (χ1n) is 8.67. The van der Waals surface area contributed by atoms with Gasteiger partial charge >= 0.3 is 0 Å². The second-order valence-electron chi connectivity index (χ2n) is 6.34. The van der Waals surface area contributed by atoms with Crippen LogP contribution in [0.4, 0.5) is 5.69 Å². The van der Waals surface area contributed by atoms with Crippen molar-refractivity contribution in [1.82, 2.24) is 9.78 Å². The average molecular weight is 357 g/mol. The summed E-state index contributed by atoms with van der Waals surface area (Å²) >= 11 is 0. The van der Waals surface area contributed by atoms with Crippen LogP contribution in [0.3, 0.4) is 0 Å². The zero-order valence-corrected chi connectivity index (χ0v) is 15.2. The average Bonchev–Trinajstić information content (AvgIpc) is 3.38. The van der Waals surface area contributed by atoms with Gasteiger partial charge in [-0.05, 0) is 43.3 Å². The summed E-state index contributed by atoms with van der Waals surface area (Å²) in [5.41, 5.74) is 3.87. The minimum atomic E-state index is -0.145. The van der Waals surface area contributed by atoms with Crippen LogP contribution in [0.25, 0.3) is 17.1 Å². The van der Waals surface area contributed by atoms with Gasteiger partial charge in [0.1, 0.15) is 11.4 Å². The quantitative estimate of drug-likeness (QED) is 0.531. The fourth-order valence-electron chi connectivity index (χ4n) is 2.90. The number of benzene rings is 2. The number of carbonyl (C=O) groups is 1. The summed E-state index contributed by atoms with van der Waals surface area (Å²) in [7, 11) is 1.77. The highest BCUT2D eigenvalue weighted by Gasteiger charge is 2.22. The van der Waals surface area contributed by atoms with Crippen molar-refractivity contribution in [2.24, 2.45) is 0 Å². The minimum Gasteiger partial charge on any atom is -0.463 e. The minimum absolute atomic E-state index is 0.145. The molecule has 0 unspecified atom stereocenters. The highest BCUT2D eigenvalue weighted by atomic mass is 16.3. The van der Waals surface area contributed by atoms with E-state index in [1.54, 1.807) is 35.0 Å². The lowest BCUT2D eigenvalue weighted by Gasteiger charge is -2.18. The second-order valence-corrected chi connectivity index (χ2v) is 6.34. The lowest BCUT2D eigenvalue weighted by molar-refractivity contribution is 0.0985. The van der Waals surface area contributed by atoms with E-state index in [0.717, 1.165) is 16.9 Å². The first-order valence-corrected chi connectivity index (χ1v) is 8.67. The first-order chi connectivity index (χ1) is 13.1. The molecule has 0 spiro atoms. The Morgan fingerprint density at radius 3 is 2.41 bits per heavy atom. The van der Waals surface area contributed by atoms with E-state index >= 15 is 0 Å². The lowest BCUT2D eigenvalue weighted by atomic mass is 10.2. The summed E-state index contributed by atoms with van der Waals surface area (Å²) in [4.78, 5) is 14.9. The highest BCUT2D eigenvalue weighted by molar-refractivity contribution is 6.05. The summed E-state index contributed by atoms with van der Waals surface area (Å²) < 4.78 is 7.12. The molecular weight excluding hydrogens is 338 g/mol. The van der Waals surface area contributed by atoms with Gasteiger partial charge < -0.3 is 9.32 Å². The van der Waals surface area contributed by atoms with Gasteiger partial charge in [0.25, 0.3) is 5.91 Å². The topological polar surface area (TPSA) is 51.3 Å². The Morgan fingerprint density at radius 1 is 1.00 bits per heavy atom. The van der Waals surface area contributed by atoms with Crippen LogP contribution in [0.15, 0.2) is 83.5 Å². The predicted molar refractivity (Wildman–Crippen MR) is 105 cm³/mol. The molecule has 0 atom stereocenters. The van der Waals surface area contributed by atoms with Gasteiger partial charge in [-0.3, -0.25) is 4.79 Å². The fraction of sp³-hybridized carbons (Fsp3) is 0.0909. The number of hydrogen-bond donors (Lipinski definition) is 0. The van der Waals surface area contributed by atoms with Crippen LogP contribution in [-0.4, -0.2) is 22.7 Å². The molecule has 0 saturated heterocycles. The summed E-state index contributed by atoms with van der Waals surface area (Å²) in [5, 5.41) is 4.61. The maximum absolute atomic E-state index is 13.2. The van der Waals surface area contributed by atoms with Crippen molar-refractivity contribution in [3.05, 3.63) is 90.3 Å². The molecule has 0 radical (unpaired) electrons. The van der Waals surface area contributed by atoms with Crippen LogP contribution < -0.4 is 4.90 Å². The Morgan fingerprint density at radius 2 is 1.74 bits per heavy atom. The lowest BCUT2D eigenvalue weighted by Crippen LogP contribution is -2.28. The molecule has 4 aromatic rings. The summed E-state index contributed by atoms with van der Waals surface area (Å²) in [5.74, 6) is 0.477. The standard InChI is InChI=1S/C22H19N3O2/c1-16-10-12-17(13-11-16)24(2)22(26)20-15-19(21-9-6-14-27-21)23-25(20)18-7-4-3-5-8-18/h3-15H,1-2H3. The normalized spacial score (nSPS) is 10.7. The van der Waals surface area contributed by atoms with Gasteiger partial charge in [0.05, 0.1) is 12.0 Å². The molecule has 2 heterocycles. The molecule has 0 N–H and O–H groups in total. The zero-order chi connectivity index (χ0) is 18.8. The Hall–Kier alpha value is -3.60. The van der Waals surface area contributed by atoms with E-state index in [9.17, 15) is 4.79 Å². The summed E-state index contributed by atoms with van der Waals surface area (Å²) in [6.07, 6.45) is 1.59. The Kier molecular flexibility index (Phi) is 4.34. The molecule has 5 nitrogen and oxygen atoms in total. The smallest absolute Gasteiger partial charge is 0.276 e. The van der Waals surface area contributed by atoms with E-state index in [2.05, 4.69) is 5.10 Å². The number of aromatic nitrogens is 2. The number of hydrogen-bond acceptors (Lipinski definition) is 3. The molecule has 0 saturated carbocycles. The number of para-hydroxylation sites is 1. The van der Waals surface area contributed by atoms with Gasteiger partial charge in [-0.2, -0.15) is 5.10 Å². The molecule has 0 aliphatic heterocycles. The van der Waals surface area contributed by atoms with Gasteiger partial charge in [0.15, 0.2) is 5.76 Å². The fourth-order valence-corrected chi connectivity index (χ4v) is 2.90. The molecule has 2 aromatic heterocycles. The SMILES string of the molecule is Cc1ccc(N(C)C(=O)c2cc(-c3ccco3)nn2-c2ccccc2)cc1. The van der Waals surface area contributed by atoms with Crippen LogP contribution in [0.2, 0.25) is 0 Å². The summed E-state index contributed by atoms with van der Waals surface area (Å²) in [6, 6.07) is 22.8. The van der Waals surface area contributed by atoms with Crippen LogP contribution in [0.5, 0.6) is 0 Å². The first kappa shape index (κ1) is 16.8. The van der Waals surface area contributed by atoms with Crippen LogP contribution in [0, 0.1) is 6.92 Å². The highest BCUT2D eigenvalue weighted by Crippen LogP contribution is 2.24. The molecular formula is C22H19N3O2. The molecule has 0 fully saturated rings. The number of nitrogens with zero attached hydrogens (tertiary/aromatic N) is 3. The number of amides is 1. The second kappa shape index (κ2) is 6.96. The maximum atomic E-state index is 13.2. The van der Waals surface area contributed by atoms with E-state index in [-0.39, 0.29) is 5.91 Å². The number of anilines is 1. The van der Waals surface area contributed by atoms with Crippen LogP contribution in [-0.2, 0) is 0 Å². The Balaban J connectivity index is 1.78. The number of rotatable bonds is 4. The number of furan rings is 1. The van der Waals surface area contributed by atoms with E-state index in [1.807, 2.05) is 67.6 Å². The molecule has 2 aromatic carbocycles. The third kappa shape index (κ3) is 3.27. The molecule has 4 rings (SSSR count). The van der Waals surface area contributed by atoms with E-state index in [4.69, 9.17) is 4.42 Å². The monoisotopic (exact) mass is 357 g/mol. The van der Waals surface area contributed by atoms with Crippen LogP contribution in [0.1, 0.15) is 16.1 Å². The Labute approximate surface area is 157 Å². The molecule has 134 valence electrons. The third-order valence-corrected chi connectivity index (χ3v) is 4.43. The molecule has 5 heteroatoms. The van der Waals surface area contributed by atoms with Crippen molar-refractivity contribution >= 4 is 11.6 Å². The van der Waals surface area contributed by atoms with Crippen molar-refractivity contribution in [1.29, 1.82) is 0 Å². The van der Waals surface area contributed by atoms with Gasteiger partial charge in [-0.1, -0.05) is 35.9 Å². The molecule has 0 bridgehead atoms. The van der Waals surface area contributed by atoms with Crippen molar-refractivity contribution in [3.63, 3.8) is 0 Å². The van der Waals surface area contributed by atoms with Gasteiger partial charge in [0, 0.05) is 18.8 Å². The molecule has 1 amide bonds. The third-order valence-electron chi connectivity index (χ3n) is 4.43.